The van der Waals surface area contributed by atoms with Gasteiger partial charge in [0, 0.05) is 6.08 Å². The minimum absolute atomic E-state index is 0.135. The highest BCUT2D eigenvalue weighted by molar-refractivity contribution is 6.32. The molecule has 1 aliphatic heterocycles. The summed E-state index contributed by atoms with van der Waals surface area (Å²) in [5.74, 6) is 0.132. The molecule has 1 N–H and O–H groups in total. The quantitative estimate of drug-likeness (QED) is 0.846. The van der Waals surface area contributed by atoms with Gasteiger partial charge in [0.05, 0.1) is 10.7 Å². The van der Waals surface area contributed by atoms with Gasteiger partial charge < -0.3 is 14.8 Å². The van der Waals surface area contributed by atoms with Gasteiger partial charge in [0.15, 0.2) is 11.5 Å². The second-order valence-corrected chi connectivity index (χ2v) is 5.74. The zero-order valence-corrected chi connectivity index (χ0v) is 13.7. The van der Waals surface area contributed by atoms with E-state index in [0.29, 0.717) is 35.3 Å². The Morgan fingerprint density at radius 3 is 2.83 bits per heavy atom. The summed E-state index contributed by atoms with van der Waals surface area (Å²) in [6.45, 7) is 2.68. The average Bonchev–Trinajstić information content (AvgIpc) is 2.56. The molecule has 0 aliphatic carbocycles. The van der Waals surface area contributed by atoms with Gasteiger partial charge in [0.25, 0.3) is 0 Å². The van der Waals surface area contributed by atoms with Crippen LogP contribution in [0.15, 0.2) is 36.4 Å². The van der Waals surface area contributed by atoms with Crippen molar-refractivity contribution in [1.82, 2.24) is 0 Å². The van der Waals surface area contributed by atoms with Gasteiger partial charge in [0.1, 0.15) is 19.0 Å². The van der Waals surface area contributed by atoms with E-state index in [0.717, 1.165) is 5.56 Å². The Hall–Kier alpha value is -2.53. The van der Waals surface area contributed by atoms with E-state index in [4.69, 9.17) is 21.1 Å². The van der Waals surface area contributed by atoms with E-state index in [1.807, 2.05) is 0 Å². The maximum absolute atomic E-state index is 13.7. The van der Waals surface area contributed by atoms with Gasteiger partial charge in [-0.1, -0.05) is 17.7 Å². The minimum Gasteiger partial charge on any atom is -0.486 e. The van der Waals surface area contributed by atoms with Gasteiger partial charge in [-0.2, -0.15) is 0 Å². The fourth-order valence-corrected chi connectivity index (χ4v) is 2.57. The lowest BCUT2D eigenvalue weighted by molar-refractivity contribution is -0.111. The number of hydrogen-bond donors (Lipinski definition) is 1. The number of benzene rings is 2. The number of hydrogen-bond acceptors (Lipinski definition) is 3. The van der Waals surface area contributed by atoms with E-state index in [1.165, 1.54) is 18.2 Å². The van der Waals surface area contributed by atoms with Gasteiger partial charge in [0.2, 0.25) is 5.91 Å². The number of amides is 1. The van der Waals surface area contributed by atoms with Gasteiger partial charge >= 0.3 is 0 Å². The highest BCUT2D eigenvalue weighted by Gasteiger charge is 2.16. The van der Waals surface area contributed by atoms with Crippen LogP contribution >= 0.6 is 11.6 Å². The maximum atomic E-state index is 13.7. The number of anilines is 1. The van der Waals surface area contributed by atoms with Crippen molar-refractivity contribution in [2.75, 3.05) is 18.5 Å². The number of fused-ring (bicyclic) bond motifs is 1. The van der Waals surface area contributed by atoms with Crippen LogP contribution in [-0.2, 0) is 4.79 Å². The van der Waals surface area contributed by atoms with E-state index in [1.54, 1.807) is 31.2 Å². The molecule has 3 rings (SSSR count). The highest BCUT2D eigenvalue weighted by Crippen LogP contribution is 2.38. The predicted octanol–water partition coefficient (Wildman–Crippen LogP) is 4.21. The van der Waals surface area contributed by atoms with Crippen molar-refractivity contribution in [3.8, 4) is 11.5 Å². The molecule has 24 heavy (non-hydrogen) atoms. The number of aryl methyl sites for hydroxylation is 1. The zero-order chi connectivity index (χ0) is 17.1. The Bertz CT molecular complexity index is 820. The summed E-state index contributed by atoms with van der Waals surface area (Å²) < 4.78 is 24.6. The standard InChI is InChI=1S/C18H15ClFNO3/c1-11-2-4-15(14(20)8-11)21-17(22)5-3-12-9-13(19)18-16(10-12)23-6-7-24-18/h2-5,8-10H,6-7H2,1H3,(H,21,22)/b5-3+. The number of nitrogens with one attached hydrogen (secondary N) is 1. The van der Waals surface area contributed by atoms with Crippen LogP contribution in [0.3, 0.4) is 0 Å². The maximum Gasteiger partial charge on any atom is 0.248 e. The fraction of sp³-hybridized carbons (Fsp3) is 0.167. The lowest BCUT2D eigenvalue weighted by Crippen LogP contribution is -2.15. The molecule has 2 aromatic rings. The van der Waals surface area contributed by atoms with E-state index < -0.39 is 11.7 Å². The minimum atomic E-state index is -0.473. The Kier molecular flexibility index (Phi) is 4.71. The number of carbonyl (C=O) groups is 1. The lowest BCUT2D eigenvalue weighted by Gasteiger charge is -2.19. The molecular weight excluding hydrogens is 333 g/mol. The first-order chi connectivity index (χ1) is 11.5. The van der Waals surface area contributed by atoms with E-state index in [2.05, 4.69) is 5.32 Å². The van der Waals surface area contributed by atoms with Crippen LogP contribution < -0.4 is 14.8 Å². The second-order valence-electron chi connectivity index (χ2n) is 5.33. The Morgan fingerprint density at radius 1 is 1.25 bits per heavy atom. The normalized spacial score (nSPS) is 13.1. The van der Waals surface area contributed by atoms with Crippen LogP contribution in [0.1, 0.15) is 11.1 Å². The van der Waals surface area contributed by atoms with E-state index in [9.17, 15) is 9.18 Å². The zero-order valence-electron chi connectivity index (χ0n) is 12.9. The molecule has 0 radical (unpaired) electrons. The molecular formula is C18H15ClFNO3. The molecule has 0 saturated heterocycles. The van der Waals surface area contributed by atoms with Crippen LogP contribution in [0, 0.1) is 12.7 Å². The van der Waals surface area contributed by atoms with Crippen molar-refractivity contribution < 1.29 is 18.7 Å². The molecule has 0 saturated carbocycles. The molecule has 0 bridgehead atoms. The first kappa shape index (κ1) is 16.3. The molecule has 6 heteroatoms. The van der Waals surface area contributed by atoms with Crippen molar-refractivity contribution in [2.45, 2.75) is 6.92 Å². The number of carbonyl (C=O) groups excluding carboxylic acids is 1. The summed E-state index contributed by atoms with van der Waals surface area (Å²) in [5.41, 5.74) is 1.60. The molecule has 0 unspecified atom stereocenters. The molecule has 0 aromatic heterocycles. The number of ether oxygens (including phenoxy) is 2. The SMILES string of the molecule is Cc1ccc(NC(=O)/C=C/c2cc(Cl)c3c(c2)OCCO3)c(F)c1. The highest BCUT2D eigenvalue weighted by atomic mass is 35.5. The lowest BCUT2D eigenvalue weighted by atomic mass is 10.1. The predicted molar refractivity (Wildman–Crippen MR) is 91.2 cm³/mol. The van der Waals surface area contributed by atoms with Crippen LogP contribution in [0.5, 0.6) is 11.5 Å². The van der Waals surface area contributed by atoms with E-state index >= 15 is 0 Å². The molecule has 0 fully saturated rings. The summed E-state index contributed by atoms with van der Waals surface area (Å²) in [4.78, 5) is 11.9. The number of rotatable bonds is 3. The largest absolute Gasteiger partial charge is 0.486 e. The third-order valence-corrected chi connectivity index (χ3v) is 3.71. The molecule has 124 valence electrons. The topological polar surface area (TPSA) is 47.6 Å². The molecule has 1 heterocycles. The second kappa shape index (κ2) is 6.93. The van der Waals surface area contributed by atoms with Crippen molar-refractivity contribution in [2.24, 2.45) is 0 Å². The smallest absolute Gasteiger partial charge is 0.248 e. The molecule has 0 spiro atoms. The van der Waals surface area contributed by atoms with Gasteiger partial charge in [-0.25, -0.2) is 4.39 Å². The number of halogens is 2. The van der Waals surface area contributed by atoms with Crippen LogP contribution in [-0.4, -0.2) is 19.1 Å². The summed E-state index contributed by atoms with van der Waals surface area (Å²) >= 11 is 6.14. The molecule has 1 amide bonds. The van der Waals surface area contributed by atoms with Gasteiger partial charge in [-0.05, 0) is 48.4 Å². The molecule has 0 atom stereocenters. The van der Waals surface area contributed by atoms with Gasteiger partial charge in [-0.15, -0.1) is 0 Å². The summed E-state index contributed by atoms with van der Waals surface area (Å²) in [7, 11) is 0. The van der Waals surface area contributed by atoms with Crippen LogP contribution in [0.4, 0.5) is 10.1 Å². The first-order valence-corrected chi connectivity index (χ1v) is 7.75. The van der Waals surface area contributed by atoms with Crippen LogP contribution in [0.25, 0.3) is 6.08 Å². The fourth-order valence-electron chi connectivity index (χ4n) is 2.29. The third-order valence-electron chi connectivity index (χ3n) is 3.43. The molecule has 2 aromatic carbocycles. The molecule has 1 aliphatic rings. The average molecular weight is 348 g/mol. The monoisotopic (exact) mass is 347 g/mol. The van der Waals surface area contributed by atoms with Crippen molar-refractivity contribution >= 4 is 29.3 Å². The van der Waals surface area contributed by atoms with Crippen molar-refractivity contribution in [3.63, 3.8) is 0 Å². The summed E-state index contributed by atoms with van der Waals surface area (Å²) in [5, 5.41) is 2.91. The van der Waals surface area contributed by atoms with Crippen LogP contribution in [0.2, 0.25) is 5.02 Å². The Balaban J connectivity index is 1.73. The van der Waals surface area contributed by atoms with Crippen molar-refractivity contribution in [1.29, 1.82) is 0 Å². The van der Waals surface area contributed by atoms with Crippen molar-refractivity contribution in [3.05, 3.63) is 58.4 Å². The molecule has 4 nitrogen and oxygen atoms in total. The van der Waals surface area contributed by atoms with E-state index in [-0.39, 0.29) is 5.69 Å². The summed E-state index contributed by atoms with van der Waals surface area (Å²) in [6.07, 6.45) is 2.88. The Labute approximate surface area is 143 Å². The Morgan fingerprint density at radius 2 is 2.04 bits per heavy atom. The summed E-state index contributed by atoms with van der Waals surface area (Å²) in [6, 6.07) is 8.02. The van der Waals surface area contributed by atoms with Gasteiger partial charge in [-0.3, -0.25) is 4.79 Å². The third kappa shape index (κ3) is 3.68. The first-order valence-electron chi connectivity index (χ1n) is 7.37.